The van der Waals surface area contributed by atoms with Gasteiger partial charge in [0, 0.05) is 12.6 Å². The number of phenolic OH excluding ortho intramolecular Hbond substituents is 1. The third kappa shape index (κ3) is 1.73. The number of nitro benzene ring substituents is 1. The van der Waals surface area contributed by atoms with Crippen molar-refractivity contribution in [3.8, 4) is 5.75 Å². The highest BCUT2D eigenvalue weighted by Gasteiger charge is 2.18. The first kappa shape index (κ1) is 9.40. The van der Waals surface area contributed by atoms with Gasteiger partial charge >= 0.3 is 5.69 Å². The summed E-state index contributed by atoms with van der Waals surface area (Å²) < 4.78 is 12.8. The van der Waals surface area contributed by atoms with Gasteiger partial charge < -0.3 is 10.8 Å². The fourth-order valence-corrected chi connectivity index (χ4v) is 0.896. The molecule has 5 nitrogen and oxygen atoms in total. The summed E-state index contributed by atoms with van der Waals surface area (Å²) >= 11 is 0. The Bertz CT molecular complexity index is 354. The van der Waals surface area contributed by atoms with Gasteiger partial charge in [0.2, 0.25) is 5.75 Å². The van der Waals surface area contributed by atoms with Gasteiger partial charge in [0.1, 0.15) is 0 Å². The Morgan fingerprint density at radius 2 is 2.23 bits per heavy atom. The minimum Gasteiger partial charge on any atom is -0.500 e. The van der Waals surface area contributed by atoms with Gasteiger partial charge in [-0.25, -0.2) is 4.39 Å². The molecule has 3 N–H and O–H groups in total. The molecule has 0 fully saturated rings. The molecule has 0 saturated heterocycles. The summed E-state index contributed by atoms with van der Waals surface area (Å²) in [6, 6.07) is 2.00. The number of nitro groups is 1. The average Bonchev–Trinajstić information content (AvgIpc) is 2.09. The van der Waals surface area contributed by atoms with Crippen molar-refractivity contribution >= 4 is 5.69 Å². The van der Waals surface area contributed by atoms with E-state index in [1.54, 1.807) is 0 Å². The van der Waals surface area contributed by atoms with Gasteiger partial charge in [0.05, 0.1) is 4.92 Å². The Balaban J connectivity index is 3.33. The number of aromatic hydroxyl groups is 1. The Morgan fingerprint density at radius 1 is 1.62 bits per heavy atom. The molecule has 0 aliphatic heterocycles. The first-order chi connectivity index (χ1) is 6.06. The average molecular weight is 186 g/mol. The topological polar surface area (TPSA) is 89.4 Å². The zero-order chi connectivity index (χ0) is 10.0. The summed E-state index contributed by atoms with van der Waals surface area (Å²) in [4.78, 5) is 9.42. The molecule has 6 heteroatoms. The number of halogens is 1. The molecule has 0 aliphatic carbocycles. The van der Waals surface area contributed by atoms with E-state index in [0.717, 1.165) is 12.1 Å². The smallest absolute Gasteiger partial charge is 0.314 e. The molecule has 0 unspecified atom stereocenters. The Kier molecular flexibility index (Phi) is 2.43. The van der Waals surface area contributed by atoms with Crippen LogP contribution >= 0.6 is 0 Å². The Labute approximate surface area is 72.7 Å². The normalized spacial score (nSPS) is 10.0. The highest BCUT2D eigenvalue weighted by molar-refractivity contribution is 5.48. The summed E-state index contributed by atoms with van der Waals surface area (Å²) in [5.74, 6) is -1.99. The van der Waals surface area contributed by atoms with Crippen LogP contribution in [0.15, 0.2) is 12.1 Å². The highest BCUT2D eigenvalue weighted by Crippen LogP contribution is 2.29. The molecule has 0 saturated carbocycles. The molecule has 0 atom stereocenters. The van der Waals surface area contributed by atoms with Crippen LogP contribution in [0.5, 0.6) is 5.75 Å². The van der Waals surface area contributed by atoms with Gasteiger partial charge in [0.25, 0.3) is 0 Å². The zero-order valence-electron chi connectivity index (χ0n) is 6.53. The number of phenols is 1. The molecular weight excluding hydrogens is 179 g/mol. The van der Waals surface area contributed by atoms with E-state index in [1.165, 1.54) is 0 Å². The third-order valence-corrected chi connectivity index (χ3v) is 1.54. The molecule has 1 rings (SSSR count). The van der Waals surface area contributed by atoms with Gasteiger partial charge in [-0.1, -0.05) is 0 Å². The molecule has 0 bridgehead atoms. The van der Waals surface area contributed by atoms with Crippen LogP contribution in [0.4, 0.5) is 10.1 Å². The SMILES string of the molecule is NCc1cc(F)c(O)c([N+](=O)[O-])c1. The molecular formula is C7H7FN2O3. The quantitative estimate of drug-likeness (QED) is 0.530. The maximum atomic E-state index is 12.8. The van der Waals surface area contributed by atoms with Crippen LogP contribution in [0.2, 0.25) is 0 Å². The maximum Gasteiger partial charge on any atom is 0.314 e. The number of nitrogens with two attached hydrogens (primary N) is 1. The van der Waals surface area contributed by atoms with Crippen molar-refractivity contribution in [1.29, 1.82) is 0 Å². The molecule has 70 valence electrons. The molecule has 1 aromatic carbocycles. The second-order valence-corrected chi connectivity index (χ2v) is 2.41. The number of hydrogen-bond acceptors (Lipinski definition) is 4. The molecule has 0 aliphatic rings. The number of nitrogens with zero attached hydrogens (tertiary/aromatic N) is 1. The van der Waals surface area contributed by atoms with Gasteiger partial charge in [-0.05, 0) is 11.6 Å². The Morgan fingerprint density at radius 3 is 2.69 bits per heavy atom. The molecule has 0 spiro atoms. The van der Waals surface area contributed by atoms with E-state index in [0.29, 0.717) is 0 Å². The second-order valence-electron chi connectivity index (χ2n) is 2.41. The lowest BCUT2D eigenvalue weighted by Crippen LogP contribution is -1.99. The van der Waals surface area contributed by atoms with E-state index in [2.05, 4.69) is 0 Å². The largest absolute Gasteiger partial charge is 0.500 e. The summed E-state index contributed by atoms with van der Waals surface area (Å²) in [7, 11) is 0. The van der Waals surface area contributed by atoms with E-state index in [9.17, 15) is 14.5 Å². The predicted molar refractivity (Wildman–Crippen MR) is 42.6 cm³/mol. The third-order valence-electron chi connectivity index (χ3n) is 1.54. The molecule has 13 heavy (non-hydrogen) atoms. The van der Waals surface area contributed by atoms with Crippen molar-refractivity contribution in [1.82, 2.24) is 0 Å². The van der Waals surface area contributed by atoms with E-state index >= 15 is 0 Å². The zero-order valence-corrected chi connectivity index (χ0v) is 6.53. The Hall–Kier alpha value is -1.69. The van der Waals surface area contributed by atoms with Crippen molar-refractivity contribution in [2.75, 3.05) is 0 Å². The van der Waals surface area contributed by atoms with Gasteiger partial charge in [-0.15, -0.1) is 0 Å². The fraction of sp³-hybridized carbons (Fsp3) is 0.143. The second kappa shape index (κ2) is 3.36. The lowest BCUT2D eigenvalue weighted by atomic mass is 10.2. The van der Waals surface area contributed by atoms with Crippen molar-refractivity contribution < 1.29 is 14.4 Å². The van der Waals surface area contributed by atoms with Crippen LogP contribution in [-0.4, -0.2) is 10.0 Å². The maximum absolute atomic E-state index is 12.8. The predicted octanol–water partition coefficient (Wildman–Crippen LogP) is 0.898. The monoisotopic (exact) mass is 186 g/mol. The molecule has 1 aromatic rings. The number of rotatable bonds is 2. The van der Waals surface area contributed by atoms with Crippen LogP contribution in [0.3, 0.4) is 0 Å². The summed E-state index contributed by atoms with van der Waals surface area (Å²) in [6.07, 6.45) is 0. The van der Waals surface area contributed by atoms with Crippen LogP contribution < -0.4 is 5.73 Å². The standard InChI is InChI=1S/C7H7FN2O3/c8-5-1-4(3-9)2-6(7(5)11)10(12)13/h1-2,11H,3,9H2. The van der Waals surface area contributed by atoms with E-state index in [1.807, 2.05) is 0 Å². The number of hydrogen-bond donors (Lipinski definition) is 2. The van der Waals surface area contributed by atoms with Crippen LogP contribution in [-0.2, 0) is 6.54 Å². The summed E-state index contributed by atoms with van der Waals surface area (Å²) in [5.41, 5.74) is 4.77. The van der Waals surface area contributed by atoms with Crippen molar-refractivity contribution in [2.24, 2.45) is 5.73 Å². The lowest BCUT2D eigenvalue weighted by Gasteiger charge is -2.00. The fourth-order valence-electron chi connectivity index (χ4n) is 0.896. The minimum absolute atomic E-state index is 0.0158. The van der Waals surface area contributed by atoms with E-state index in [-0.39, 0.29) is 12.1 Å². The first-order valence-corrected chi connectivity index (χ1v) is 3.42. The van der Waals surface area contributed by atoms with Gasteiger partial charge in [-0.2, -0.15) is 0 Å². The first-order valence-electron chi connectivity index (χ1n) is 3.42. The van der Waals surface area contributed by atoms with E-state index in [4.69, 9.17) is 10.8 Å². The van der Waals surface area contributed by atoms with Gasteiger partial charge in [0.15, 0.2) is 5.82 Å². The molecule has 0 aromatic heterocycles. The van der Waals surface area contributed by atoms with Crippen molar-refractivity contribution in [3.63, 3.8) is 0 Å². The number of benzene rings is 1. The van der Waals surface area contributed by atoms with Crippen molar-refractivity contribution in [2.45, 2.75) is 6.54 Å². The van der Waals surface area contributed by atoms with Crippen molar-refractivity contribution in [3.05, 3.63) is 33.6 Å². The van der Waals surface area contributed by atoms with Crippen LogP contribution in [0.1, 0.15) is 5.56 Å². The summed E-state index contributed by atoms with van der Waals surface area (Å²) in [5, 5.41) is 19.2. The van der Waals surface area contributed by atoms with Crippen LogP contribution in [0.25, 0.3) is 0 Å². The van der Waals surface area contributed by atoms with E-state index < -0.39 is 22.2 Å². The molecule has 0 radical (unpaired) electrons. The lowest BCUT2D eigenvalue weighted by molar-refractivity contribution is -0.386. The molecule has 0 amide bonds. The summed E-state index contributed by atoms with van der Waals surface area (Å²) in [6.45, 7) is -0.0158. The van der Waals surface area contributed by atoms with Crippen LogP contribution in [0, 0.1) is 15.9 Å². The highest BCUT2D eigenvalue weighted by atomic mass is 19.1. The van der Waals surface area contributed by atoms with Gasteiger partial charge in [-0.3, -0.25) is 10.1 Å². The minimum atomic E-state index is -1.03. The molecule has 0 heterocycles.